The maximum atomic E-state index is 13.6. The fourth-order valence-electron chi connectivity index (χ4n) is 3.99. The second-order valence-corrected chi connectivity index (χ2v) is 12.7. The molecule has 3 aromatic rings. The molecule has 0 unspecified atom stereocenters. The molecule has 0 fully saturated rings. The van der Waals surface area contributed by atoms with Gasteiger partial charge >= 0.3 is 0 Å². The highest BCUT2D eigenvalue weighted by atomic mass is 32.2. The van der Waals surface area contributed by atoms with Gasteiger partial charge in [0.25, 0.3) is 15.9 Å². The number of nitrogens with zero attached hydrogens (tertiary/aromatic N) is 1. The van der Waals surface area contributed by atoms with E-state index < -0.39 is 37.9 Å². The summed E-state index contributed by atoms with van der Waals surface area (Å²) < 4.78 is 62.9. The van der Waals surface area contributed by atoms with E-state index in [1.165, 1.54) is 35.7 Å². The van der Waals surface area contributed by atoms with E-state index in [1.807, 2.05) is 6.92 Å². The summed E-state index contributed by atoms with van der Waals surface area (Å²) in [7, 11) is -5.87. The Kier molecular flexibility index (Phi) is 7.20. The van der Waals surface area contributed by atoms with Crippen LogP contribution in [0.25, 0.3) is 0 Å². The first-order valence-electron chi connectivity index (χ1n) is 11.4. The Bertz CT molecular complexity index is 1520. The summed E-state index contributed by atoms with van der Waals surface area (Å²) in [6.45, 7) is 3.37. The van der Waals surface area contributed by atoms with Crippen LogP contribution >= 0.6 is 0 Å². The predicted octanol–water partition coefficient (Wildman–Crippen LogP) is 3.24. The Morgan fingerprint density at radius 2 is 1.62 bits per heavy atom. The number of amides is 1. The molecule has 0 aliphatic carbocycles. The van der Waals surface area contributed by atoms with Crippen LogP contribution in [0.3, 0.4) is 0 Å². The molecule has 0 radical (unpaired) electrons. The van der Waals surface area contributed by atoms with Crippen LogP contribution in [0, 0.1) is 6.92 Å². The van der Waals surface area contributed by atoms with Crippen LogP contribution in [0.2, 0.25) is 0 Å². The minimum Gasteiger partial charge on any atom is -0.497 e. The number of hydrogen-bond donors (Lipinski definition) is 1. The molecule has 1 aliphatic rings. The quantitative estimate of drug-likeness (QED) is 0.485. The molecular weight excluding hydrogens is 516 g/mol. The van der Waals surface area contributed by atoms with Crippen molar-refractivity contribution in [1.82, 2.24) is 5.32 Å². The maximum absolute atomic E-state index is 13.6. The summed E-state index contributed by atoms with van der Waals surface area (Å²) in [6.07, 6.45) is 0.0129. The third-order valence-electron chi connectivity index (χ3n) is 6.09. The Hall–Kier alpha value is -3.57. The van der Waals surface area contributed by atoms with Crippen molar-refractivity contribution in [3.05, 3.63) is 77.9 Å². The molecule has 2 atom stereocenters. The van der Waals surface area contributed by atoms with E-state index in [-0.39, 0.29) is 22.1 Å². The number of carbonyl (C=O) groups excluding carboxylic acids is 1. The lowest BCUT2D eigenvalue weighted by molar-refractivity contribution is -0.128. The zero-order valence-electron chi connectivity index (χ0n) is 20.8. The summed E-state index contributed by atoms with van der Waals surface area (Å²) in [4.78, 5) is 13.5. The summed E-state index contributed by atoms with van der Waals surface area (Å²) in [5, 5.41) is 2.84. The molecule has 9 nitrogen and oxygen atoms in total. The first-order chi connectivity index (χ1) is 17.4. The highest BCUT2D eigenvalue weighted by Crippen LogP contribution is 2.38. The van der Waals surface area contributed by atoms with Crippen molar-refractivity contribution in [2.24, 2.45) is 0 Å². The molecule has 4 rings (SSSR count). The summed E-state index contributed by atoms with van der Waals surface area (Å²) >= 11 is 0. The molecule has 1 aliphatic heterocycles. The van der Waals surface area contributed by atoms with E-state index in [2.05, 4.69) is 5.32 Å². The number of benzene rings is 3. The van der Waals surface area contributed by atoms with Crippen molar-refractivity contribution in [1.29, 1.82) is 0 Å². The zero-order chi connectivity index (χ0) is 27.0. The van der Waals surface area contributed by atoms with E-state index in [1.54, 1.807) is 49.4 Å². The van der Waals surface area contributed by atoms with Gasteiger partial charge in [-0.25, -0.2) is 16.8 Å². The molecular formula is C26H28N2O7S2. The number of aryl methyl sites for hydroxylation is 1. The van der Waals surface area contributed by atoms with Crippen LogP contribution in [-0.2, 0) is 24.7 Å². The lowest BCUT2D eigenvalue weighted by Crippen LogP contribution is -2.51. The number of sulfonamides is 1. The van der Waals surface area contributed by atoms with Gasteiger partial charge in [-0.1, -0.05) is 18.2 Å². The first-order valence-corrected chi connectivity index (χ1v) is 14.8. The molecule has 1 N–H and O–H groups in total. The molecule has 37 heavy (non-hydrogen) atoms. The van der Waals surface area contributed by atoms with Crippen LogP contribution in [-0.4, -0.2) is 48.8 Å². The SMILES string of the molecule is COc1ccc(S(=O)(=O)N2C[C@H](C(=O)N[C@@H](C)c3ccc(S(C)(=O)=O)cc3)Oc3cc(C)ccc32)cc1. The van der Waals surface area contributed by atoms with Gasteiger partial charge in [0.05, 0.1) is 35.2 Å². The average Bonchev–Trinajstić information content (AvgIpc) is 2.87. The molecule has 0 bridgehead atoms. The topological polar surface area (TPSA) is 119 Å². The Balaban J connectivity index is 1.60. The third kappa shape index (κ3) is 5.57. The van der Waals surface area contributed by atoms with Crippen LogP contribution in [0.15, 0.2) is 76.5 Å². The van der Waals surface area contributed by atoms with Crippen molar-refractivity contribution in [3.63, 3.8) is 0 Å². The Labute approximate surface area is 217 Å². The van der Waals surface area contributed by atoms with E-state index in [4.69, 9.17) is 9.47 Å². The van der Waals surface area contributed by atoms with Crippen LogP contribution < -0.4 is 19.1 Å². The van der Waals surface area contributed by atoms with Crippen molar-refractivity contribution >= 4 is 31.5 Å². The zero-order valence-corrected chi connectivity index (χ0v) is 22.5. The van der Waals surface area contributed by atoms with E-state index in [0.717, 1.165) is 11.8 Å². The average molecular weight is 545 g/mol. The number of ether oxygens (including phenoxy) is 2. The van der Waals surface area contributed by atoms with E-state index in [9.17, 15) is 21.6 Å². The van der Waals surface area contributed by atoms with Crippen LogP contribution in [0.5, 0.6) is 11.5 Å². The largest absolute Gasteiger partial charge is 0.497 e. The van der Waals surface area contributed by atoms with Crippen LogP contribution in [0.1, 0.15) is 24.1 Å². The van der Waals surface area contributed by atoms with Gasteiger partial charge < -0.3 is 14.8 Å². The van der Waals surface area contributed by atoms with Crippen LogP contribution in [0.4, 0.5) is 5.69 Å². The van der Waals surface area contributed by atoms with Gasteiger partial charge in [-0.2, -0.15) is 0 Å². The second kappa shape index (κ2) is 10.1. The van der Waals surface area contributed by atoms with Gasteiger partial charge in [0.1, 0.15) is 11.5 Å². The van der Waals surface area contributed by atoms with Gasteiger partial charge in [-0.05, 0) is 73.5 Å². The fraction of sp³-hybridized carbons (Fsp3) is 0.269. The van der Waals surface area contributed by atoms with Crippen molar-refractivity contribution in [2.75, 3.05) is 24.2 Å². The lowest BCUT2D eigenvalue weighted by Gasteiger charge is -2.35. The molecule has 0 aromatic heterocycles. The molecule has 196 valence electrons. The highest BCUT2D eigenvalue weighted by molar-refractivity contribution is 7.92. The first kappa shape index (κ1) is 26.5. The normalized spacial score (nSPS) is 16.3. The molecule has 1 amide bonds. The number of anilines is 1. The van der Waals surface area contributed by atoms with Gasteiger partial charge in [0.15, 0.2) is 15.9 Å². The predicted molar refractivity (Wildman–Crippen MR) is 139 cm³/mol. The lowest BCUT2D eigenvalue weighted by atomic mass is 10.1. The van der Waals surface area contributed by atoms with Gasteiger partial charge in [0, 0.05) is 6.26 Å². The maximum Gasteiger partial charge on any atom is 0.264 e. The van der Waals surface area contributed by atoms with E-state index in [0.29, 0.717) is 17.0 Å². The highest BCUT2D eigenvalue weighted by Gasteiger charge is 2.38. The number of methoxy groups -OCH3 is 1. The summed E-state index contributed by atoms with van der Waals surface area (Å²) in [5.41, 5.74) is 1.88. The molecule has 1 heterocycles. The molecule has 3 aromatic carbocycles. The number of sulfone groups is 1. The van der Waals surface area contributed by atoms with Gasteiger partial charge in [-0.3, -0.25) is 9.10 Å². The van der Waals surface area contributed by atoms with Gasteiger partial charge in [-0.15, -0.1) is 0 Å². The van der Waals surface area contributed by atoms with Crippen molar-refractivity contribution < 1.29 is 31.1 Å². The standard InChI is InChI=1S/C26H28N2O7S2/c1-17-5-14-23-24(15-17)35-25(16-28(23)37(32,33)22-12-8-20(34-3)9-13-22)26(29)27-18(2)19-6-10-21(11-7-19)36(4,30)31/h5-15,18,25H,16H2,1-4H3,(H,27,29)/t18-,25+/m0/s1. The Morgan fingerprint density at radius 3 is 2.22 bits per heavy atom. The number of carbonyl (C=O) groups is 1. The molecule has 0 saturated carbocycles. The second-order valence-electron chi connectivity index (χ2n) is 8.86. The summed E-state index contributed by atoms with van der Waals surface area (Å²) in [5.74, 6) is 0.309. The third-order valence-corrected chi connectivity index (χ3v) is 9.01. The Morgan fingerprint density at radius 1 is 1.00 bits per heavy atom. The number of rotatable bonds is 7. The minimum absolute atomic E-state index is 0.0558. The molecule has 0 spiro atoms. The summed E-state index contributed by atoms with van der Waals surface area (Å²) in [6, 6.07) is 16.9. The monoisotopic (exact) mass is 544 g/mol. The van der Waals surface area contributed by atoms with E-state index >= 15 is 0 Å². The van der Waals surface area contributed by atoms with Crippen molar-refractivity contribution in [3.8, 4) is 11.5 Å². The molecule has 11 heteroatoms. The fourth-order valence-corrected chi connectivity index (χ4v) is 6.10. The minimum atomic E-state index is -4.02. The number of hydrogen-bond acceptors (Lipinski definition) is 7. The van der Waals surface area contributed by atoms with Crippen molar-refractivity contribution in [2.45, 2.75) is 35.8 Å². The molecule has 0 saturated heterocycles. The smallest absolute Gasteiger partial charge is 0.264 e. The number of nitrogens with one attached hydrogen (secondary N) is 1. The van der Waals surface area contributed by atoms with Gasteiger partial charge in [0.2, 0.25) is 0 Å². The number of fused-ring (bicyclic) bond motifs is 1.